The lowest BCUT2D eigenvalue weighted by molar-refractivity contribution is -0.121. The van der Waals surface area contributed by atoms with Crippen LogP contribution in [0.3, 0.4) is 0 Å². The number of carbonyl (C=O) groups is 1. The van der Waals surface area contributed by atoms with Gasteiger partial charge in [-0.25, -0.2) is 0 Å². The lowest BCUT2D eigenvalue weighted by Crippen LogP contribution is -2.24. The highest BCUT2D eigenvalue weighted by Gasteiger charge is 2.09. The van der Waals surface area contributed by atoms with Crippen molar-refractivity contribution < 1.29 is 9.53 Å². The lowest BCUT2D eigenvalue weighted by atomic mass is 10.1. The molecule has 4 nitrogen and oxygen atoms in total. The predicted molar refractivity (Wildman–Crippen MR) is 86.6 cm³/mol. The van der Waals surface area contributed by atoms with Crippen LogP contribution >= 0.6 is 0 Å². The van der Waals surface area contributed by atoms with Gasteiger partial charge in [0.25, 0.3) is 0 Å². The van der Waals surface area contributed by atoms with Crippen LogP contribution in [0.1, 0.15) is 44.2 Å². The summed E-state index contributed by atoms with van der Waals surface area (Å²) in [7, 11) is 1.89. The van der Waals surface area contributed by atoms with Crippen LogP contribution in [0.5, 0.6) is 5.75 Å². The van der Waals surface area contributed by atoms with E-state index in [1.807, 2.05) is 32.2 Å². The molecule has 1 unspecified atom stereocenters. The Morgan fingerprint density at radius 1 is 1.38 bits per heavy atom. The number of carbonyl (C=O) groups excluding carboxylic acids is 1. The Hall–Kier alpha value is -1.55. The predicted octanol–water partition coefficient (Wildman–Crippen LogP) is 2.79. The fraction of sp³-hybridized carbons (Fsp3) is 0.588. The van der Waals surface area contributed by atoms with Gasteiger partial charge < -0.3 is 15.4 Å². The van der Waals surface area contributed by atoms with Gasteiger partial charge in [-0.1, -0.05) is 19.1 Å². The highest BCUT2D eigenvalue weighted by molar-refractivity contribution is 5.75. The molecule has 0 aliphatic heterocycles. The molecule has 2 N–H and O–H groups in total. The number of aryl methyl sites for hydroxylation is 1. The van der Waals surface area contributed by atoms with Crippen molar-refractivity contribution in [1.29, 1.82) is 0 Å². The fourth-order valence-corrected chi connectivity index (χ4v) is 1.93. The summed E-state index contributed by atoms with van der Waals surface area (Å²) in [5, 5.41) is 6.00. The zero-order valence-electron chi connectivity index (χ0n) is 13.7. The van der Waals surface area contributed by atoms with Gasteiger partial charge in [-0.3, -0.25) is 4.79 Å². The van der Waals surface area contributed by atoms with Crippen LogP contribution < -0.4 is 15.4 Å². The monoisotopic (exact) mass is 292 g/mol. The van der Waals surface area contributed by atoms with Gasteiger partial charge in [0.15, 0.2) is 0 Å². The molecular formula is C17H28N2O2. The van der Waals surface area contributed by atoms with Crippen LogP contribution in [0, 0.1) is 6.92 Å². The molecule has 0 saturated carbocycles. The molecule has 0 aliphatic rings. The fourth-order valence-electron chi connectivity index (χ4n) is 1.93. The van der Waals surface area contributed by atoms with Crippen LogP contribution in [0.25, 0.3) is 0 Å². The average molecular weight is 292 g/mol. The van der Waals surface area contributed by atoms with E-state index in [0.717, 1.165) is 36.3 Å². The van der Waals surface area contributed by atoms with E-state index in [-0.39, 0.29) is 12.0 Å². The van der Waals surface area contributed by atoms with Crippen LogP contribution in [-0.4, -0.2) is 25.6 Å². The minimum atomic E-state index is 0.0836. The van der Waals surface area contributed by atoms with Gasteiger partial charge in [-0.2, -0.15) is 0 Å². The Bertz CT molecular complexity index is 446. The molecule has 0 aromatic heterocycles. The van der Waals surface area contributed by atoms with Crippen molar-refractivity contribution in [3.8, 4) is 5.75 Å². The second-order valence-electron chi connectivity index (χ2n) is 5.43. The van der Waals surface area contributed by atoms with Crippen molar-refractivity contribution >= 4 is 5.91 Å². The van der Waals surface area contributed by atoms with Gasteiger partial charge in [-0.05, 0) is 51.9 Å². The van der Waals surface area contributed by atoms with E-state index >= 15 is 0 Å². The molecule has 0 saturated heterocycles. The number of rotatable bonds is 9. The molecule has 0 heterocycles. The molecule has 118 valence electrons. The number of nitrogens with one attached hydrogen (secondary N) is 2. The van der Waals surface area contributed by atoms with Crippen molar-refractivity contribution in [3.63, 3.8) is 0 Å². The summed E-state index contributed by atoms with van der Waals surface area (Å²) in [6.45, 7) is 7.58. The first-order valence-corrected chi connectivity index (χ1v) is 7.74. The quantitative estimate of drug-likeness (QED) is 0.688. The Balaban J connectivity index is 2.59. The minimum absolute atomic E-state index is 0.0836. The van der Waals surface area contributed by atoms with E-state index in [0.29, 0.717) is 13.0 Å². The molecule has 1 aromatic rings. The average Bonchev–Trinajstić information content (AvgIpc) is 2.46. The molecule has 21 heavy (non-hydrogen) atoms. The normalized spacial score (nSPS) is 12.0. The third-order valence-electron chi connectivity index (χ3n) is 3.43. The van der Waals surface area contributed by atoms with Gasteiger partial charge in [0.05, 0.1) is 6.10 Å². The maximum absolute atomic E-state index is 11.8. The minimum Gasteiger partial charge on any atom is -0.490 e. The topological polar surface area (TPSA) is 50.4 Å². The first kappa shape index (κ1) is 17.5. The maximum atomic E-state index is 11.8. The summed E-state index contributed by atoms with van der Waals surface area (Å²) in [4.78, 5) is 11.8. The van der Waals surface area contributed by atoms with E-state index in [1.165, 1.54) is 0 Å². The van der Waals surface area contributed by atoms with Crippen molar-refractivity contribution in [1.82, 2.24) is 10.6 Å². The van der Waals surface area contributed by atoms with Gasteiger partial charge in [0, 0.05) is 18.5 Å². The standard InChI is InChI=1S/C17H28N2O2/c1-5-14(3)21-16-11-13(2)8-9-15(16)12-19-17(20)7-6-10-18-4/h8-9,11,14,18H,5-7,10,12H2,1-4H3,(H,19,20). The number of ether oxygens (including phenoxy) is 1. The Kier molecular flexibility index (Phi) is 7.83. The lowest BCUT2D eigenvalue weighted by Gasteiger charge is -2.17. The maximum Gasteiger partial charge on any atom is 0.220 e. The molecular weight excluding hydrogens is 264 g/mol. The number of hydrogen-bond acceptors (Lipinski definition) is 3. The SMILES string of the molecule is CCC(C)Oc1cc(C)ccc1CNC(=O)CCCNC. The summed E-state index contributed by atoms with van der Waals surface area (Å²) < 4.78 is 5.94. The molecule has 0 radical (unpaired) electrons. The van der Waals surface area contributed by atoms with Gasteiger partial charge in [0.2, 0.25) is 5.91 Å². The molecule has 0 fully saturated rings. The molecule has 4 heteroatoms. The molecule has 1 amide bonds. The van der Waals surface area contributed by atoms with E-state index in [2.05, 4.69) is 24.5 Å². The third-order valence-corrected chi connectivity index (χ3v) is 3.43. The Labute approximate surface area is 128 Å². The zero-order valence-corrected chi connectivity index (χ0v) is 13.7. The highest BCUT2D eigenvalue weighted by atomic mass is 16.5. The molecule has 0 aliphatic carbocycles. The Morgan fingerprint density at radius 2 is 2.14 bits per heavy atom. The van der Waals surface area contributed by atoms with Crippen molar-refractivity contribution in [2.45, 2.75) is 52.7 Å². The van der Waals surface area contributed by atoms with Crippen LogP contribution in [-0.2, 0) is 11.3 Å². The van der Waals surface area contributed by atoms with Crippen molar-refractivity contribution in [2.75, 3.05) is 13.6 Å². The molecule has 0 bridgehead atoms. The molecule has 1 rings (SSSR count). The summed E-state index contributed by atoms with van der Waals surface area (Å²) in [6, 6.07) is 6.11. The summed E-state index contributed by atoms with van der Waals surface area (Å²) in [5.41, 5.74) is 2.19. The first-order valence-electron chi connectivity index (χ1n) is 7.74. The van der Waals surface area contributed by atoms with E-state index in [1.54, 1.807) is 0 Å². The molecule has 1 aromatic carbocycles. The number of amides is 1. The number of hydrogen-bond donors (Lipinski definition) is 2. The van der Waals surface area contributed by atoms with E-state index in [9.17, 15) is 4.79 Å². The summed E-state index contributed by atoms with van der Waals surface area (Å²) in [5.74, 6) is 0.959. The van der Waals surface area contributed by atoms with Gasteiger partial charge in [-0.15, -0.1) is 0 Å². The zero-order chi connectivity index (χ0) is 15.7. The van der Waals surface area contributed by atoms with Gasteiger partial charge in [0.1, 0.15) is 5.75 Å². The smallest absolute Gasteiger partial charge is 0.220 e. The van der Waals surface area contributed by atoms with Crippen molar-refractivity contribution in [3.05, 3.63) is 29.3 Å². The summed E-state index contributed by atoms with van der Waals surface area (Å²) >= 11 is 0. The van der Waals surface area contributed by atoms with E-state index in [4.69, 9.17) is 4.74 Å². The van der Waals surface area contributed by atoms with Crippen LogP contribution in [0.15, 0.2) is 18.2 Å². The molecule has 1 atom stereocenters. The van der Waals surface area contributed by atoms with E-state index < -0.39 is 0 Å². The van der Waals surface area contributed by atoms with Crippen LogP contribution in [0.4, 0.5) is 0 Å². The number of benzene rings is 1. The van der Waals surface area contributed by atoms with Gasteiger partial charge >= 0.3 is 0 Å². The molecule has 0 spiro atoms. The van der Waals surface area contributed by atoms with Crippen LogP contribution in [0.2, 0.25) is 0 Å². The van der Waals surface area contributed by atoms with Crippen molar-refractivity contribution in [2.24, 2.45) is 0 Å². The Morgan fingerprint density at radius 3 is 2.81 bits per heavy atom. The first-order chi connectivity index (χ1) is 10.1. The largest absolute Gasteiger partial charge is 0.490 e. The third kappa shape index (κ3) is 6.63. The second-order valence-corrected chi connectivity index (χ2v) is 5.43. The summed E-state index contributed by atoms with van der Waals surface area (Å²) in [6.07, 6.45) is 2.54. The second kappa shape index (κ2) is 9.40. The highest BCUT2D eigenvalue weighted by Crippen LogP contribution is 2.22.